The van der Waals surface area contributed by atoms with Crippen LogP contribution in [0.25, 0.3) is 10.1 Å². The Balaban J connectivity index is 1.31. The molecule has 10 heteroatoms. The van der Waals surface area contributed by atoms with Gasteiger partial charge in [-0.25, -0.2) is 0 Å². The van der Waals surface area contributed by atoms with Gasteiger partial charge in [0.1, 0.15) is 0 Å². The van der Waals surface area contributed by atoms with Crippen molar-refractivity contribution >= 4 is 78.3 Å². The molecule has 2 aromatic carbocycles. The fourth-order valence-electron chi connectivity index (χ4n) is 4.56. The topological polar surface area (TPSA) is 75.7 Å². The fourth-order valence-corrected chi connectivity index (χ4v) is 6.31. The van der Waals surface area contributed by atoms with E-state index >= 15 is 0 Å². The number of piperidine rings is 1. The van der Waals surface area contributed by atoms with E-state index in [0.29, 0.717) is 48.8 Å². The van der Waals surface area contributed by atoms with Crippen LogP contribution in [-0.4, -0.2) is 42.9 Å². The maximum atomic E-state index is 13.1. The minimum absolute atomic E-state index is 0.0369. The summed E-state index contributed by atoms with van der Waals surface area (Å²) in [5.74, 6) is -0.702. The first-order valence-corrected chi connectivity index (χ1v) is 14.4. The van der Waals surface area contributed by atoms with Gasteiger partial charge >= 0.3 is 5.97 Å². The van der Waals surface area contributed by atoms with Gasteiger partial charge in [0.2, 0.25) is 11.8 Å². The number of likely N-dealkylation sites (tertiary alicyclic amines) is 1. The number of carbonyl (C=O) groups is 3. The molecule has 0 aliphatic carbocycles. The highest BCUT2D eigenvalue weighted by Gasteiger charge is 2.29. The Morgan fingerprint density at radius 2 is 1.84 bits per heavy atom. The third kappa shape index (κ3) is 6.85. The van der Waals surface area contributed by atoms with Crippen molar-refractivity contribution in [1.82, 2.24) is 10.2 Å². The zero-order chi connectivity index (χ0) is 26.5. The summed E-state index contributed by atoms with van der Waals surface area (Å²) >= 11 is 17.8. The van der Waals surface area contributed by atoms with Crippen molar-refractivity contribution in [2.75, 3.05) is 20.2 Å². The van der Waals surface area contributed by atoms with E-state index in [0.717, 1.165) is 25.7 Å². The molecule has 1 atom stereocenters. The number of thiophene rings is 1. The number of ether oxygens (including phenoxy) is 1. The first kappa shape index (κ1) is 27.9. The van der Waals surface area contributed by atoms with Crippen LogP contribution in [-0.2, 0) is 25.5 Å². The predicted molar refractivity (Wildman–Crippen MR) is 151 cm³/mol. The number of halogens is 3. The van der Waals surface area contributed by atoms with E-state index in [2.05, 4.69) is 21.2 Å². The molecule has 37 heavy (non-hydrogen) atoms. The second kappa shape index (κ2) is 12.6. The van der Waals surface area contributed by atoms with Crippen LogP contribution in [0.3, 0.4) is 0 Å². The van der Waals surface area contributed by atoms with E-state index in [1.165, 1.54) is 7.11 Å². The number of hydrogen-bond acceptors (Lipinski definition) is 5. The Kier molecular flexibility index (Phi) is 9.51. The lowest BCUT2D eigenvalue weighted by Crippen LogP contribution is -2.44. The van der Waals surface area contributed by atoms with Crippen LogP contribution in [0.15, 0.2) is 46.3 Å². The molecule has 1 saturated heterocycles. The van der Waals surface area contributed by atoms with Gasteiger partial charge in [-0.15, -0.1) is 11.3 Å². The molecule has 1 aliphatic heterocycles. The lowest BCUT2D eigenvalue weighted by atomic mass is 9.94. The summed E-state index contributed by atoms with van der Waals surface area (Å²) in [5, 5.41) is 7.06. The van der Waals surface area contributed by atoms with Gasteiger partial charge in [0.05, 0.1) is 34.3 Å². The Bertz CT molecular complexity index is 1290. The normalized spacial score (nSPS) is 15.0. The molecule has 0 saturated carbocycles. The van der Waals surface area contributed by atoms with Crippen LogP contribution in [0.5, 0.6) is 0 Å². The van der Waals surface area contributed by atoms with Gasteiger partial charge in [-0.1, -0.05) is 51.3 Å². The molecule has 196 valence electrons. The van der Waals surface area contributed by atoms with Gasteiger partial charge in [-0.3, -0.25) is 14.4 Å². The number of nitrogens with one attached hydrogen (secondary N) is 1. The quantitative estimate of drug-likeness (QED) is 0.288. The average molecular weight is 626 g/mol. The monoisotopic (exact) mass is 624 g/mol. The minimum Gasteiger partial charge on any atom is -0.469 e. The molecule has 1 N–H and O–H groups in total. The minimum atomic E-state index is -0.482. The van der Waals surface area contributed by atoms with Gasteiger partial charge in [-0.2, -0.15) is 0 Å². The summed E-state index contributed by atoms with van der Waals surface area (Å²) in [4.78, 5) is 39.7. The van der Waals surface area contributed by atoms with Crippen molar-refractivity contribution in [3.63, 3.8) is 0 Å². The van der Waals surface area contributed by atoms with Crippen LogP contribution >= 0.6 is 50.5 Å². The maximum absolute atomic E-state index is 13.1. The van der Waals surface area contributed by atoms with Crippen molar-refractivity contribution in [3.8, 4) is 0 Å². The number of amides is 2. The largest absolute Gasteiger partial charge is 0.469 e. The first-order valence-electron chi connectivity index (χ1n) is 12.0. The third-order valence-electron chi connectivity index (χ3n) is 6.71. The van der Waals surface area contributed by atoms with E-state index in [1.807, 2.05) is 46.7 Å². The highest BCUT2D eigenvalue weighted by Crippen LogP contribution is 2.37. The Hall–Kier alpha value is -2.13. The number of methoxy groups -OCH3 is 1. The van der Waals surface area contributed by atoms with E-state index in [-0.39, 0.29) is 24.2 Å². The van der Waals surface area contributed by atoms with Crippen molar-refractivity contribution in [2.24, 2.45) is 5.92 Å². The molecule has 1 aromatic heterocycles. The SMILES string of the molecule is COC(=O)C[C@@H](NC(=O)C1CCN(C(=O)CCc2cc3ccsc3c(Cl)c2Cl)CC1)c1ccc(Br)cc1. The molecule has 3 aromatic rings. The Labute approximate surface area is 238 Å². The van der Waals surface area contributed by atoms with Crippen molar-refractivity contribution < 1.29 is 19.1 Å². The smallest absolute Gasteiger partial charge is 0.307 e. The van der Waals surface area contributed by atoms with Crippen LogP contribution in [0.1, 0.15) is 42.9 Å². The second-order valence-corrected chi connectivity index (χ2v) is 11.6. The van der Waals surface area contributed by atoms with E-state index in [4.69, 9.17) is 27.9 Å². The lowest BCUT2D eigenvalue weighted by molar-refractivity contribution is -0.142. The number of hydrogen-bond donors (Lipinski definition) is 1. The molecule has 2 amide bonds. The summed E-state index contributed by atoms with van der Waals surface area (Å²) in [5.41, 5.74) is 1.69. The summed E-state index contributed by atoms with van der Waals surface area (Å²) in [6.07, 6.45) is 2.01. The van der Waals surface area contributed by atoms with Crippen molar-refractivity contribution in [1.29, 1.82) is 0 Å². The highest BCUT2D eigenvalue weighted by atomic mass is 79.9. The fraction of sp³-hybridized carbons (Fsp3) is 0.370. The van der Waals surface area contributed by atoms with Crippen LogP contribution in [0.2, 0.25) is 10.0 Å². The molecule has 0 bridgehead atoms. The predicted octanol–water partition coefficient (Wildman–Crippen LogP) is 6.56. The summed E-state index contributed by atoms with van der Waals surface area (Å²) in [7, 11) is 1.33. The Morgan fingerprint density at radius 1 is 1.14 bits per heavy atom. The van der Waals surface area contributed by atoms with Crippen LogP contribution < -0.4 is 5.32 Å². The molecule has 6 nitrogen and oxygen atoms in total. The van der Waals surface area contributed by atoms with E-state index < -0.39 is 12.0 Å². The van der Waals surface area contributed by atoms with Gasteiger partial charge < -0.3 is 15.0 Å². The standard InChI is InChI=1S/C27H27BrCl2N2O4S/c1-36-23(34)15-21(16-2-5-20(28)6-3-16)31-27(35)17-8-11-32(12-9-17)22(33)7-4-18-14-19-10-13-37-26(19)25(30)24(18)29/h2-3,5-6,10,13-14,17,21H,4,7-9,11-12,15H2,1H3,(H,31,35)/t21-/m1/s1. The average Bonchev–Trinajstić information content (AvgIpc) is 3.38. The molecule has 1 aliphatic rings. The van der Waals surface area contributed by atoms with Gasteiger partial charge in [0.25, 0.3) is 0 Å². The summed E-state index contributed by atoms with van der Waals surface area (Å²) < 4.78 is 6.69. The number of fused-ring (bicyclic) bond motifs is 1. The number of aryl methyl sites for hydroxylation is 1. The van der Waals surface area contributed by atoms with Gasteiger partial charge in [0, 0.05) is 29.9 Å². The van der Waals surface area contributed by atoms with Crippen molar-refractivity contribution in [2.45, 2.75) is 38.1 Å². The molecule has 0 unspecified atom stereocenters. The molecule has 2 heterocycles. The molecule has 4 rings (SSSR count). The zero-order valence-corrected chi connectivity index (χ0v) is 24.2. The zero-order valence-electron chi connectivity index (χ0n) is 20.3. The maximum Gasteiger partial charge on any atom is 0.307 e. The highest BCUT2D eigenvalue weighted by molar-refractivity contribution is 9.10. The van der Waals surface area contributed by atoms with Crippen molar-refractivity contribution in [3.05, 3.63) is 67.4 Å². The van der Waals surface area contributed by atoms with Gasteiger partial charge in [0.15, 0.2) is 0 Å². The number of carbonyl (C=O) groups excluding carboxylic acids is 3. The van der Waals surface area contributed by atoms with Crippen LogP contribution in [0.4, 0.5) is 0 Å². The lowest BCUT2D eigenvalue weighted by Gasteiger charge is -2.32. The molecular formula is C27H27BrCl2N2O4S. The molecule has 0 spiro atoms. The van der Waals surface area contributed by atoms with E-state index in [9.17, 15) is 14.4 Å². The number of nitrogens with zero attached hydrogens (tertiary/aromatic N) is 1. The summed E-state index contributed by atoms with van der Waals surface area (Å²) in [6.45, 7) is 1.02. The van der Waals surface area contributed by atoms with Gasteiger partial charge in [-0.05, 0) is 65.4 Å². The third-order valence-corrected chi connectivity index (χ3v) is 9.21. The van der Waals surface area contributed by atoms with E-state index in [1.54, 1.807) is 11.3 Å². The molecule has 0 radical (unpaired) electrons. The second-order valence-electron chi connectivity index (χ2n) is 9.05. The number of benzene rings is 2. The van der Waals surface area contributed by atoms with Crippen LogP contribution in [0, 0.1) is 5.92 Å². The Morgan fingerprint density at radius 3 is 2.51 bits per heavy atom. The number of rotatable bonds is 8. The summed E-state index contributed by atoms with van der Waals surface area (Å²) in [6, 6.07) is 11.0. The first-order chi connectivity index (χ1) is 17.8. The number of esters is 1. The molecular weight excluding hydrogens is 599 g/mol. The molecule has 1 fully saturated rings.